The van der Waals surface area contributed by atoms with E-state index < -0.39 is 0 Å². The molecule has 0 radical (unpaired) electrons. The second-order valence-corrected chi connectivity index (χ2v) is 7.58. The minimum atomic E-state index is 0.642. The van der Waals surface area contributed by atoms with Crippen LogP contribution >= 0.6 is 15.9 Å². The molecular weight excluding hydrogens is 352 g/mol. The molecule has 2 atom stereocenters. The van der Waals surface area contributed by atoms with Crippen LogP contribution in [0.2, 0.25) is 0 Å². The predicted molar refractivity (Wildman–Crippen MR) is 95.6 cm³/mol. The predicted octanol–water partition coefficient (Wildman–Crippen LogP) is 3.32. The van der Waals surface area contributed by atoms with Crippen LogP contribution in [-0.2, 0) is 6.54 Å². The van der Waals surface area contributed by atoms with Crippen LogP contribution in [0, 0.1) is 13.8 Å². The van der Waals surface area contributed by atoms with Gasteiger partial charge in [0.15, 0.2) is 0 Å². The molecular formula is C18H21BrN4. The molecule has 4 nitrogen and oxygen atoms in total. The fraction of sp³-hybridized carbons (Fsp3) is 0.444. The fourth-order valence-electron chi connectivity index (χ4n) is 3.84. The lowest BCUT2D eigenvalue weighted by atomic mass is 9.86. The fourth-order valence-corrected chi connectivity index (χ4v) is 4.28. The lowest BCUT2D eigenvalue weighted by molar-refractivity contribution is -0.00871. The average Bonchev–Trinajstić information content (AvgIpc) is 2.52. The zero-order valence-corrected chi connectivity index (χ0v) is 15.1. The number of nitrogens with zero attached hydrogens (tertiary/aromatic N) is 4. The van der Waals surface area contributed by atoms with Crippen LogP contribution in [0.4, 0.5) is 5.82 Å². The summed E-state index contributed by atoms with van der Waals surface area (Å²) < 4.78 is 1.16. The zero-order chi connectivity index (χ0) is 16.0. The molecule has 3 aliphatic heterocycles. The smallest absolute Gasteiger partial charge is 0.132 e. The molecule has 1 aromatic carbocycles. The van der Waals surface area contributed by atoms with Crippen LogP contribution in [0.25, 0.3) is 0 Å². The molecule has 23 heavy (non-hydrogen) atoms. The Labute approximate surface area is 145 Å². The molecule has 0 N–H and O–H groups in total. The number of rotatable bonds is 3. The average molecular weight is 373 g/mol. The highest BCUT2D eigenvalue weighted by Gasteiger charge is 2.44. The first kappa shape index (κ1) is 15.1. The molecule has 5 heteroatoms. The summed E-state index contributed by atoms with van der Waals surface area (Å²) in [6, 6.07) is 12.0. The molecule has 2 bridgehead atoms. The summed E-state index contributed by atoms with van der Waals surface area (Å²) in [5.41, 5.74) is 2.44. The third-order valence-electron chi connectivity index (χ3n) is 4.88. The van der Waals surface area contributed by atoms with Gasteiger partial charge in [-0.25, -0.2) is 9.97 Å². The maximum atomic E-state index is 4.62. The van der Waals surface area contributed by atoms with Gasteiger partial charge >= 0.3 is 0 Å². The summed E-state index contributed by atoms with van der Waals surface area (Å²) >= 11 is 3.57. The van der Waals surface area contributed by atoms with Gasteiger partial charge in [0.2, 0.25) is 0 Å². The van der Waals surface area contributed by atoms with Crippen molar-refractivity contribution in [3.05, 3.63) is 51.9 Å². The maximum absolute atomic E-state index is 4.62. The van der Waals surface area contributed by atoms with Crippen LogP contribution < -0.4 is 4.90 Å². The van der Waals surface area contributed by atoms with E-state index in [9.17, 15) is 0 Å². The van der Waals surface area contributed by atoms with E-state index in [4.69, 9.17) is 0 Å². The van der Waals surface area contributed by atoms with E-state index in [0.29, 0.717) is 12.1 Å². The van der Waals surface area contributed by atoms with E-state index in [1.807, 2.05) is 13.8 Å². The summed E-state index contributed by atoms with van der Waals surface area (Å²) in [6.45, 7) is 7.20. The van der Waals surface area contributed by atoms with Gasteiger partial charge in [-0.3, -0.25) is 4.90 Å². The Hall–Kier alpha value is -1.46. The summed E-state index contributed by atoms with van der Waals surface area (Å²) in [5.74, 6) is 1.96. The molecule has 2 aromatic rings. The molecule has 0 saturated carbocycles. The van der Waals surface area contributed by atoms with Crippen molar-refractivity contribution >= 4 is 21.7 Å². The standard InChI is InChI=1S/C18H21BrN4/c1-12-6-18(21-13(2)20-12)22-10-16-8-17(11-22)23(16)9-14-4-3-5-15(19)7-14/h3-7,16-17H,8-11H2,1-2H3. The van der Waals surface area contributed by atoms with E-state index >= 15 is 0 Å². The van der Waals surface area contributed by atoms with Crippen molar-refractivity contribution < 1.29 is 0 Å². The van der Waals surface area contributed by atoms with Crippen molar-refractivity contribution in [3.8, 4) is 0 Å². The highest BCUT2D eigenvalue weighted by atomic mass is 79.9. The van der Waals surface area contributed by atoms with E-state index in [1.54, 1.807) is 0 Å². The Morgan fingerprint density at radius 1 is 1.13 bits per heavy atom. The molecule has 0 aliphatic carbocycles. The van der Waals surface area contributed by atoms with Gasteiger partial charge in [0, 0.05) is 48.0 Å². The van der Waals surface area contributed by atoms with Crippen LogP contribution in [-0.4, -0.2) is 40.0 Å². The number of fused-ring (bicyclic) bond motifs is 2. The van der Waals surface area contributed by atoms with E-state index in [1.165, 1.54) is 12.0 Å². The Kier molecular flexibility index (Phi) is 3.85. The SMILES string of the molecule is Cc1cc(N2CC3CC(C2)N3Cc2cccc(Br)c2)nc(C)n1. The van der Waals surface area contributed by atoms with Gasteiger partial charge in [-0.2, -0.15) is 0 Å². The summed E-state index contributed by atoms with van der Waals surface area (Å²) in [6.07, 6.45) is 1.31. The zero-order valence-electron chi connectivity index (χ0n) is 13.5. The summed E-state index contributed by atoms with van der Waals surface area (Å²) in [4.78, 5) is 14.1. The number of anilines is 1. The Bertz CT molecular complexity index is 700. The maximum Gasteiger partial charge on any atom is 0.132 e. The minimum absolute atomic E-state index is 0.642. The number of halogens is 1. The van der Waals surface area contributed by atoms with Crippen molar-refractivity contribution in [2.24, 2.45) is 0 Å². The third-order valence-corrected chi connectivity index (χ3v) is 5.37. The number of piperazine rings is 1. The minimum Gasteiger partial charge on any atom is -0.353 e. The lowest BCUT2D eigenvalue weighted by Crippen LogP contribution is -2.68. The number of aromatic nitrogens is 2. The van der Waals surface area contributed by atoms with E-state index in [0.717, 1.165) is 41.4 Å². The van der Waals surface area contributed by atoms with Gasteiger partial charge in [-0.05, 0) is 38.0 Å². The topological polar surface area (TPSA) is 32.3 Å². The van der Waals surface area contributed by atoms with Crippen molar-refractivity contribution in [1.82, 2.24) is 14.9 Å². The lowest BCUT2D eigenvalue weighted by Gasteiger charge is -2.56. The number of hydrogen-bond acceptors (Lipinski definition) is 4. The van der Waals surface area contributed by atoms with Crippen molar-refractivity contribution in [2.75, 3.05) is 18.0 Å². The van der Waals surface area contributed by atoms with E-state index in [-0.39, 0.29) is 0 Å². The van der Waals surface area contributed by atoms with Crippen LogP contribution in [0.5, 0.6) is 0 Å². The first-order valence-electron chi connectivity index (χ1n) is 8.16. The third kappa shape index (κ3) is 3.00. The molecule has 120 valence electrons. The van der Waals surface area contributed by atoms with Crippen LogP contribution in [0.1, 0.15) is 23.5 Å². The van der Waals surface area contributed by atoms with Crippen LogP contribution in [0.3, 0.4) is 0 Å². The summed E-state index contributed by atoms with van der Waals surface area (Å²) in [5, 5.41) is 0. The van der Waals surface area contributed by atoms with Crippen molar-refractivity contribution in [1.29, 1.82) is 0 Å². The quantitative estimate of drug-likeness (QED) is 0.826. The summed E-state index contributed by atoms with van der Waals surface area (Å²) in [7, 11) is 0. The highest BCUT2D eigenvalue weighted by Crippen LogP contribution is 2.35. The Morgan fingerprint density at radius 2 is 1.91 bits per heavy atom. The Balaban J connectivity index is 1.46. The van der Waals surface area contributed by atoms with Crippen molar-refractivity contribution in [2.45, 2.75) is 38.9 Å². The van der Waals surface area contributed by atoms with Gasteiger partial charge in [0.25, 0.3) is 0 Å². The largest absolute Gasteiger partial charge is 0.353 e. The Morgan fingerprint density at radius 3 is 2.61 bits per heavy atom. The van der Waals surface area contributed by atoms with E-state index in [2.05, 4.69) is 66.0 Å². The number of benzene rings is 1. The second kappa shape index (κ2) is 5.87. The molecule has 0 amide bonds. The monoisotopic (exact) mass is 372 g/mol. The highest BCUT2D eigenvalue weighted by molar-refractivity contribution is 9.10. The molecule has 3 aliphatic rings. The van der Waals surface area contributed by atoms with Crippen LogP contribution in [0.15, 0.2) is 34.8 Å². The van der Waals surface area contributed by atoms with Crippen molar-refractivity contribution in [3.63, 3.8) is 0 Å². The molecule has 3 fully saturated rings. The van der Waals surface area contributed by atoms with Gasteiger partial charge in [-0.1, -0.05) is 28.1 Å². The molecule has 3 saturated heterocycles. The molecule has 2 unspecified atom stereocenters. The number of hydrogen-bond donors (Lipinski definition) is 0. The van der Waals surface area contributed by atoms with Gasteiger partial charge < -0.3 is 4.90 Å². The van der Waals surface area contributed by atoms with Gasteiger partial charge in [0.1, 0.15) is 11.6 Å². The molecule has 4 heterocycles. The number of piperidine rings is 1. The first-order chi connectivity index (χ1) is 11.1. The molecule has 0 spiro atoms. The normalized spacial score (nSPS) is 23.7. The van der Waals surface area contributed by atoms with Gasteiger partial charge in [-0.15, -0.1) is 0 Å². The second-order valence-electron chi connectivity index (χ2n) is 6.67. The molecule has 5 rings (SSSR count). The van der Waals surface area contributed by atoms with Gasteiger partial charge in [0.05, 0.1) is 0 Å². The number of aryl methyl sites for hydroxylation is 2. The first-order valence-corrected chi connectivity index (χ1v) is 8.95. The molecule has 1 aromatic heterocycles.